The summed E-state index contributed by atoms with van der Waals surface area (Å²) in [6.45, 7) is 0.426. The molecule has 3 aromatic heterocycles. The van der Waals surface area contributed by atoms with E-state index >= 15 is 0 Å². The molecule has 0 saturated carbocycles. The lowest BCUT2D eigenvalue weighted by atomic mass is 10.2. The van der Waals surface area contributed by atoms with Gasteiger partial charge < -0.3 is 14.6 Å². The molecule has 0 saturated heterocycles. The van der Waals surface area contributed by atoms with Gasteiger partial charge in [0.2, 0.25) is 4.77 Å². The average Bonchev–Trinajstić information content (AvgIpc) is 3.33. The molecule has 7 nitrogen and oxygen atoms in total. The first-order valence-electron chi connectivity index (χ1n) is 8.40. The number of hydrogen-bond donors (Lipinski definition) is 2. The third kappa shape index (κ3) is 3.64. The van der Waals surface area contributed by atoms with E-state index in [1.165, 1.54) is 0 Å². The first-order chi connectivity index (χ1) is 13.7. The maximum absolute atomic E-state index is 6.20. The Morgan fingerprint density at radius 1 is 1.18 bits per heavy atom. The largest absolute Gasteiger partial charge is 0.495 e. The second-order valence-corrected chi connectivity index (χ2v) is 6.67. The van der Waals surface area contributed by atoms with Crippen molar-refractivity contribution in [1.29, 1.82) is 0 Å². The zero-order chi connectivity index (χ0) is 19.5. The SMILES string of the molecule is COc1ccc(-c2ccc(CNn3c(-c4ccncc4)n[nH]c3=S)o2)cc1Cl. The van der Waals surface area contributed by atoms with Crippen molar-refractivity contribution in [3.05, 3.63) is 70.4 Å². The number of ether oxygens (including phenoxy) is 1. The van der Waals surface area contributed by atoms with E-state index < -0.39 is 0 Å². The molecule has 0 atom stereocenters. The molecule has 0 bridgehead atoms. The van der Waals surface area contributed by atoms with Gasteiger partial charge in [-0.2, -0.15) is 5.10 Å². The maximum Gasteiger partial charge on any atom is 0.214 e. The summed E-state index contributed by atoms with van der Waals surface area (Å²) in [4.78, 5) is 4.02. The molecule has 3 heterocycles. The van der Waals surface area contributed by atoms with Crippen LogP contribution in [0.2, 0.25) is 5.02 Å². The lowest BCUT2D eigenvalue weighted by Crippen LogP contribution is -2.15. The van der Waals surface area contributed by atoms with Crippen molar-refractivity contribution >= 4 is 23.8 Å². The van der Waals surface area contributed by atoms with E-state index in [9.17, 15) is 0 Å². The van der Waals surface area contributed by atoms with Crippen LogP contribution in [0, 0.1) is 4.77 Å². The highest BCUT2D eigenvalue weighted by molar-refractivity contribution is 7.71. The van der Waals surface area contributed by atoms with Crippen LogP contribution in [-0.4, -0.2) is 27.0 Å². The van der Waals surface area contributed by atoms with Gasteiger partial charge in [-0.05, 0) is 54.7 Å². The van der Waals surface area contributed by atoms with Gasteiger partial charge in [0.15, 0.2) is 5.82 Å². The molecule has 4 aromatic rings. The second kappa shape index (κ2) is 7.87. The van der Waals surface area contributed by atoms with Crippen molar-refractivity contribution in [3.8, 4) is 28.5 Å². The maximum atomic E-state index is 6.20. The van der Waals surface area contributed by atoms with Gasteiger partial charge in [-0.15, -0.1) is 0 Å². The van der Waals surface area contributed by atoms with Crippen molar-refractivity contribution < 1.29 is 9.15 Å². The monoisotopic (exact) mass is 413 g/mol. The van der Waals surface area contributed by atoms with E-state index in [4.69, 9.17) is 33.0 Å². The van der Waals surface area contributed by atoms with Crippen molar-refractivity contribution in [3.63, 3.8) is 0 Å². The van der Waals surface area contributed by atoms with Crippen molar-refractivity contribution in [2.45, 2.75) is 6.54 Å². The lowest BCUT2D eigenvalue weighted by molar-refractivity contribution is 0.415. The first-order valence-corrected chi connectivity index (χ1v) is 9.18. The fourth-order valence-corrected chi connectivity index (χ4v) is 3.20. The molecule has 142 valence electrons. The summed E-state index contributed by atoms with van der Waals surface area (Å²) < 4.78 is 13.3. The van der Waals surface area contributed by atoms with Crippen LogP contribution in [0.5, 0.6) is 5.75 Å². The van der Waals surface area contributed by atoms with Crippen LogP contribution in [0.4, 0.5) is 0 Å². The normalized spacial score (nSPS) is 10.8. The summed E-state index contributed by atoms with van der Waals surface area (Å²) in [5, 5.41) is 7.60. The van der Waals surface area contributed by atoms with Gasteiger partial charge in [0.25, 0.3) is 0 Å². The number of aromatic amines is 1. The number of halogens is 1. The van der Waals surface area contributed by atoms with Crippen LogP contribution < -0.4 is 10.2 Å². The number of hydrogen-bond acceptors (Lipinski definition) is 6. The smallest absolute Gasteiger partial charge is 0.214 e. The Kier molecular flexibility index (Phi) is 5.14. The fraction of sp³-hybridized carbons (Fsp3) is 0.105. The third-order valence-corrected chi connectivity index (χ3v) is 4.69. The quantitative estimate of drug-likeness (QED) is 0.447. The Labute approximate surface area is 170 Å². The molecule has 9 heteroatoms. The zero-order valence-corrected chi connectivity index (χ0v) is 16.4. The Hall–Kier alpha value is -3.10. The Balaban J connectivity index is 1.53. The first kappa shape index (κ1) is 18.3. The van der Waals surface area contributed by atoms with Gasteiger partial charge in [0, 0.05) is 23.5 Å². The van der Waals surface area contributed by atoms with Crippen LogP contribution in [0.15, 0.2) is 59.3 Å². The molecule has 0 aliphatic carbocycles. The number of aromatic nitrogens is 4. The van der Waals surface area contributed by atoms with E-state index in [0.29, 0.717) is 33.7 Å². The molecular weight excluding hydrogens is 398 g/mol. The summed E-state index contributed by atoms with van der Waals surface area (Å²) in [6, 6.07) is 13.0. The molecule has 0 unspecified atom stereocenters. The number of benzene rings is 1. The average molecular weight is 414 g/mol. The molecule has 0 aliphatic heterocycles. The van der Waals surface area contributed by atoms with Gasteiger partial charge in [0.05, 0.1) is 18.7 Å². The Morgan fingerprint density at radius 3 is 2.75 bits per heavy atom. The van der Waals surface area contributed by atoms with E-state index in [0.717, 1.165) is 16.9 Å². The molecule has 0 radical (unpaired) electrons. The Bertz CT molecular complexity index is 1150. The number of furan rings is 1. The van der Waals surface area contributed by atoms with E-state index in [1.54, 1.807) is 24.2 Å². The number of methoxy groups -OCH3 is 1. The minimum absolute atomic E-state index is 0.426. The van der Waals surface area contributed by atoms with Crippen molar-refractivity contribution in [2.75, 3.05) is 12.5 Å². The van der Waals surface area contributed by atoms with Crippen LogP contribution in [0.25, 0.3) is 22.7 Å². The number of rotatable bonds is 6. The topological polar surface area (TPSA) is 80.9 Å². The number of pyridine rings is 1. The van der Waals surface area contributed by atoms with Crippen molar-refractivity contribution in [1.82, 2.24) is 19.9 Å². The predicted molar refractivity (Wildman–Crippen MR) is 109 cm³/mol. The van der Waals surface area contributed by atoms with E-state index in [1.807, 2.05) is 42.5 Å². The Morgan fingerprint density at radius 2 is 2.00 bits per heavy atom. The fourth-order valence-electron chi connectivity index (χ4n) is 2.74. The van der Waals surface area contributed by atoms with Gasteiger partial charge in [-0.1, -0.05) is 11.6 Å². The highest BCUT2D eigenvalue weighted by Gasteiger charge is 2.11. The minimum Gasteiger partial charge on any atom is -0.495 e. The molecule has 0 spiro atoms. The number of nitrogens with zero attached hydrogens (tertiary/aromatic N) is 3. The summed E-state index contributed by atoms with van der Waals surface area (Å²) in [6.07, 6.45) is 3.41. The van der Waals surface area contributed by atoms with Crippen molar-refractivity contribution in [2.24, 2.45) is 0 Å². The minimum atomic E-state index is 0.426. The number of H-pyrrole nitrogens is 1. The summed E-state index contributed by atoms with van der Waals surface area (Å²) in [7, 11) is 1.58. The molecule has 4 rings (SSSR count). The van der Waals surface area contributed by atoms with Gasteiger partial charge in [-0.3, -0.25) is 4.98 Å². The molecule has 2 N–H and O–H groups in total. The zero-order valence-electron chi connectivity index (χ0n) is 14.8. The second-order valence-electron chi connectivity index (χ2n) is 5.87. The molecule has 0 aliphatic rings. The van der Waals surface area contributed by atoms with Crippen LogP contribution >= 0.6 is 23.8 Å². The molecule has 28 heavy (non-hydrogen) atoms. The molecule has 0 amide bonds. The lowest BCUT2D eigenvalue weighted by Gasteiger charge is -2.08. The van der Waals surface area contributed by atoms with Crippen LogP contribution in [0.1, 0.15) is 5.76 Å². The van der Waals surface area contributed by atoms with Crippen LogP contribution in [-0.2, 0) is 6.54 Å². The molecular formula is C19H16ClN5O2S. The molecule has 0 fully saturated rings. The van der Waals surface area contributed by atoms with Crippen LogP contribution in [0.3, 0.4) is 0 Å². The highest BCUT2D eigenvalue weighted by atomic mass is 35.5. The van der Waals surface area contributed by atoms with E-state index in [-0.39, 0.29) is 0 Å². The standard InChI is InChI=1S/C19H16ClN5O2S/c1-26-17-4-2-13(10-15(17)20)16-5-3-14(27-16)11-22-25-18(23-24-19(25)28)12-6-8-21-9-7-12/h2-10,22H,11H2,1H3,(H,24,28). The highest BCUT2D eigenvalue weighted by Crippen LogP contribution is 2.31. The summed E-state index contributed by atoms with van der Waals surface area (Å²) >= 11 is 11.5. The van der Waals surface area contributed by atoms with Gasteiger partial charge >= 0.3 is 0 Å². The third-order valence-electron chi connectivity index (χ3n) is 4.12. The van der Waals surface area contributed by atoms with E-state index in [2.05, 4.69) is 20.6 Å². The summed E-state index contributed by atoms with van der Waals surface area (Å²) in [5.74, 6) is 2.75. The predicted octanol–water partition coefficient (Wildman–Crippen LogP) is 4.67. The van der Waals surface area contributed by atoms with Gasteiger partial charge in [-0.25, -0.2) is 9.77 Å². The summed E-state index contributed by atoms with van der Waals surface area (Å²) in [5.41, 5.74) is 4.99. The van der Waals surface area contributed by atoms with Gasteiger partial charge in [0.1, 0.15) is 17.3 Å². The number of nitrogens with one attached hydrogen (secondary N) is 2. The molecule has 1 aromatic carbocycles.